The molecule has 2 heterocycles. The average Bonchev–Trinajstić information content (AvgIpc) is 2.98. The van der Waals surface area contributed by atoms with E-state index in [2.05, 4.69) is 15.5 Å². The van der Waals surface area contributed by atoms with Crippen LogP contribution in [0.5, 0.6) is 0 Å². The number of rotatable bonds is 2. The Hall–Kier alpha value is -0.970. The van der Waals surface area contributed by atoms with Crippen LogP contribution in [0, 0.1) is 0 Å². The fourth-order valence-electron chi connectivity index (χ4n) is 2.56. The van der Waals surface area contributed by atoms with Gasteiger partial charge in [0.05, 0.1) is 6.54 Å². The van der Waals surface area contributed by atoms with Gasteiger partial charge < -0.3 is 9.84 Å². The molecule has 0 radical (unpaired) electrons. The van der Waals surface area contributed by atoms with Gasteiger partial charge in [0.15, 0.2) is 5.17 Å². The van der Waals surface area contributed by atoms with Gasteiger partial charge in [-0.05, 0) is 12.8 Å². The third kappa shape index (κ3) is 2.49. The van der Waals surface area contributed by atoms with E-state index in [1.54, 1.807) is 6.26 Å². The van der Waals surface area contributed by atoms with Gasteiger partial charge in [0, 0.05) is 17.4 Å². The van der Waals surface area contributed by atoms with Gasteiger partial charge in [-0.3, -0.25) is 4.99 Å². The van der Waals surface area contributed by atoms with Gasteiger partial charge in [0.25, 0.3) is 0 Å². The van der Waals surface area contributed by atoms with Gasteiger partial charge in [0.1, 0.15) is 12.0 Å². The van der Waals surface area contributed by atoms with Crippen molar-refractivity contribution in [1.82, 2.24) is 10.5 Å². The van der Waals surface area contributed by atoms with Crippen molar-refractivity contribution in [2.75, 3.05) is 5.75 Å². The molecule has 1 saturated heterocycles. The minimum absolute atomic E-state index is 0.339. The number of aromatic nitrogens is 1. The molecule has 0 aromatic carbocycles. The number of thioether (sulfide) groups is 1. The summed E-state index contributed by atoms with van der Waals surface area (Å²) < 4.78 is 4.79. The number of nitrogens with zero attached hydrogens (tertiary/aromatic N) is 2. The molecule has 1 aliphatic heterocycles. The number of nitrogens with one attached hydrogen (secondary N) is 1. The maximum absolute atomic E-state index is 4.79. The molecular weight excluding hydrogens is 234 g/mol. The zero-order chi connectivity index (χ0) is 11.6. The molecule has 5 heteroatoms. The number of aliphatic imine (C=N–C) groups is 1. The van der Waals surface area contributed by atoms with Crippen LogP contribution in [0.25, 0.3) is 0 Å². The Morgan fingerprint density at radius 3 is 3.06 bits per heavy atom. The van der Waals surface area contributed by atoms with E-state index < -0.39 is 0 Å². The monoisotopic (exact) mass is 251 g/mol. The third-order valence-electron chi connectivity index (χ3n) is 3.54. The second-order valence-electron chi connectivity index (χ2n) is 4.87. The molecular formula is C12H17N3OS. The summed E-state index contributed by atoms with van der Waals surface area (Å²) in [4.78, 5) is 4.56. The van der Waals surface area contributed by atoms with Crippen LogP contribution in [0.1, 0.15) is 37.8 Å². The molecule has 2 aliphatic rings. The summed E-state index contributed by atoms with van der Waals surface area (Å²) in [5.74, 6) is 1.17. The van der Waals surface area contributed by atoms with Crippen molar-refractivity contribution in [3.8, 4) is 0 Å². The van der Waals surface area contributed by atoms with Crippen LogP contribution in [0.2, 0.25) is 0 Å². The highest BCUT2D eigenvalue weighted by atomic mass is 32.2. The Bertz CT molecular complexity index is 396. The largest absolute Gasteiger partial charge is 0.364 e. The molecule has 1 spiro atoms. The summed E-state index contributed by atoms with van der Waals surface area (Å²) in [7, 11) is 0. The molecule has 3 rings (SSSR count). The Morgan fingerprint density at radius 2 is 2.29 bits per heavy atom. The topological polar surface area (TPSA) is 50.4 Å². The van der Waals surface area contributed by atoms with Crippen LogP contribution in [0.3, 0.4) is 0 Å². The van der Waals surface area contributed by atoms with Gasteiger partial charge in [-0.15, -0.1) is 0 Å². The lowest BCUT2D eigenvalue weighted by Gasteiger charge is -2.32. The molecule has 2 fully saturated rings. The van der Waals surface area contributed by atoms with E-state index in [9.17, 15) is 0 Å². The second kappa shape index (κ2) is 4.72. The molecule has 92 valence electrons. The van der Waals surface area contributed by atoms with Crippen LogP contribution in [-0.2, 0) is 6.54 Å². The van der Waals surface area contributed by atoms with E-state index in [1.807, 2.05) is 17.8 Å². The molecule has 17 heavy (non-hydrogen) atoms. The van der Waals surface area contributed by atoms with Crippen molar-refractivity contribution in [1.29, 1.82) is 0 Å². The Balaban J connectivity index is 1.61. The van der Waals surface area contributed by atoms with E-state index in [1.165, 1.54) is 37.9 Å². The van der Waals surface area contributed by atoms with E-state index in [4.69, 9.17) is 4.52 Å². The molecule has 1 aromatic heterocycles. The normalized spacial score (nSPS) is 25.3. The minimum Gasteiger partial charge on any atom is -0.364 e. The van der Waals surface area contributed by atoms with Crippen molar-refractivity contribution >= 4 is 16.9 Å². The van der Waals surface area contributed by atoms with Crippen molar-refractivity contribution in [2.24, 2.45) is 4.99 Å². The number of hydrogen-bond acceptors (Lipinski definition) is 4. The van der Waals surface area contributed by atoms with Gasteiger partial charge in [-0.1, -0.05) is 36.2 Å². The van der Waals surface area contributed by atoms with Gasteiger partial charge in [-0.2, -0.15) is 0 Å². The molecule has 0 amide bonds. The predicted octanol–water partition coefficient (Wildman–Crippen LogP) is 2.57. The quantitative estimate of drug-likeness (QED) is 0.877. The SMILES string of the molecule is c1cc(CN=C2NC3(CCCCC3)CS2)no1. The van der Waals surface area contributed by atoms with Crippen LogP contribution >= 0.6 is 11.8 Å². The zero-order valence-electron chi connectivity index (χ0n) is 9.82. The fourth-order valence-corrected chi connectivity index (χ4v) is 3.78. The van der Waals surface area contributed by atoms with Crippen molar-refractivity contribution in [2.45, 2.75) is 44.2 Å². The maximum Gasteiger partial charge on any atom is 0.157 e. The number of hydrogen-bond donors (Lipinski definition) is 1. The molecule has 1 aromatic rings. The first-order valence-corrected chi connectivity index (χ1v) is 7.20. The first kappa shape index (κ1) is 11.1. The lowest BCUT2D eigenvalue weighted by atomic mass is 9.83. The highest BCUT2D eigenvalue weighted by Gasteiger charge is 2.37. The first-order chi connectivity index (χ1) is 8.36. The van der Waals surface area contributed by atoms with Crippen LogP contribution in [-0.4, -0.2) is 21.6 Å². The molecule has 0 atom stereocenters. The Morgan fingerprint density at radius 1 is 1.41 bits per heavy atom. The molecule has 1 saturated carbocycles. The van der Waals surface area contributed by atoms with Crippen molar-refractivity contribution < 1.29 is 4.52 Å². The third-order valence-corrected chi connectivity index (χ3v) is 4.75. The Kier molecular flexibility index (Phi) is 3.09. The summed E-state index contributed by atoms with van der Waals surface area (Å²) in [6, 6.07) is 1.86. The minimum atomic E-state index is 0.339. The number of amidine groups is 1. The van der Waals surface area contributed by atoms with Gasteiger partial charge >= 0.3 is 0 Å². The van der Waals surface area contributed by atoms with Crippen LogP contribution < -0.4 is 5.32 Å². The smallest absolute Gasteiger partial charge is 0.157 e. The van der Waals surface area contributed by atoms with Crippen LogP contribution in [0.15, 0.2) is 21.8 Å². The highest BCUT2D eigenvalue weighted by molar-refractivity contribution is 8.14. The predicted molar refractivity (Wildman–Crippen MR) is 69.1 cm³/mol. The van der Waals surface area contributed by atoms with E-state index in [0.717, 1.165) is 10.9 Å². The highest BCUT2D eigenvalue weighted by Crippen LogP contribution is 2.36. The summed E-state index contributed by atoms with van der Waals surface area (Å²) in [6.07, 6.45) is 8.27. The van der Waals surface area contributed by atoms with E-state index >= 15 is 0 Å². The Labute approximate surface area is 105 Å². The zero-order valence-corrected chi connectivity index (χ0v) is 10.6. The fraction of sp³-hybridized carbons (Fsp3) is 0.667. The van der Waals surface area contributed by atoms with Crippen molar-refractivity contribution in [3.63, 3.8) is 0 Å². The summed E-state index contributed by atoms with van der Waals surface area (Å²) in [5, 5.41) is 8.56. The average molecular weight is 251 g/mol. The molecule has 4 nitrogen and oxygen atoms in total. The molecule has 1 aliphatic carbocycles. The molecule has 0 unspecified atom stereocenters. The summed E-state index contributed by atoms with van der Waals surface area (Å²) in [6.45, 7) is 0.613. The molecule has 1 N–H and O–H groups in total. The lowest BCUT2D eigenvalue weighted by molar-refractivity contribution is 0.303. The lowest BCUT2D eigenvalue weighted by Crippen LogP contribution is -2.45. The van der Waals surface area contributed by atoms with Crippen LogP contribution in [0.4, 0.5) is 0 Å². The van der Waals surface area contributed by atoms with E-state index in [0.29, 0.717) is 12.1 Å². The molecule has 0 bridgehead atoms. The maximum atomic E-state index is 4.79. The second-order valence-corrected chi connectivity index (χ2v) is 5.83. The summed E-state index contributed by atoms with van der Waals surface area (Å²) >= 11 is 1.85. The van der Waals surface area contributed by atoms with Gasteiger partial charge in [0.2, 0.25) is 0 Å². The standard InChI is InChI=1S/C12H17N3OS/c1-2-5-12(6-3-1)9-17-11(14-12)13-8-10-4-7-16-15-10/h4,7H,1-3,5-6,8-9H2,(H,13,14). The van der Waals surface area contributed by atoms with Crippen molar-refractivity contribution in [3.05, 3.63) is 18.0 Å². The first-order valence-electron chi connectivity index (χ1n) is 6.21. The van der Waals surface area contributed by atoms with E-state index in [-0.39, 0.29) is 0 Å². The summed E-state index contributed by atoms with van der Waals surface area (Å²) in [5.41, 5.74) is 1.23. The van der Waals surface area contributed by atoms with Gasteiger partial charge in [-0.25, -0.2) is 0 Å².